The van der Waals surface area contributed by atoms with Crippen molar-refractivity contribution < 1.29 is 4.79 Å². The number of rotatable bonds is 4. The summed E-state index contributed by atoms with van der Waals surface area (Å²) < 4.78 is 2.82. The average Bonchev–Trinajstić information content (AvgIpc) is 3.29. The first-order valence-electron chi connectivity index (χ1n) is 9.68. The zero-order valence-corrected chi connectivity index (χ0v) is 19.3. The van der Waals surface area contributed by atoms with Crippen LogP contribution in [0, 0.1) is 6.92 Å². The van der Waals surface area contributed by atoms with Crippen LogP contribution in [-0.2, 0) is 5.41 Å². The smallest absolute Gasteiger partial charge is 0.256 e. The fourth-order valence-electron chi connectivity index (χ4n) is 3.16. The van der Waals surface area contributed by atoms with E-state index in [-0.39, 0.29) is 11.3 Å². The lowest BCUT2D eigenvalue weighted by molar-refractivity contribution is 0.102. The minimum Gasteiger partial charge on any atom is -0.306 e. The first-order chi connectivity index (χ1) is 14.2. The number of hydrogen-bond donors (Lipinski definition) is 1. The zero-order chi connectivity index (χ0) is 21.5. The molecule has 1 N–H and O–H groups in total. The molecular weight excluding hydrogens is 412 g/mol. The lowest BCUT2D eigenvalue weighted by Gasteiger charge is -2.18. The number of anilines is 1. The maximum absolute atomic E-state index is 12.8. The summed E-state index contributed by atoms with van der Waals surface area (Å²) in [5.41, 5.74) is 3.71. The minimum atomic E-state index is -0.164. The Hall–Kier alpha value is -2.64. The van der Waals surface area contributed by atoms with Crippen LogP contribution in [0.1, 0.15) is 42.4 Å². The predicted octanol–water partition coefficient (Wildman–Crippen LogP) is 6.06. The molecule has 0 radical (unpaired) electrons. The zero-order valence-electron chi connectivity index (χ0n) is 17.7. The molecule has 0 saturated carbocycles. The maximum Gasteiger partial charge on any atom is 0.256 e. The molecule has 5 nitrogen and oxygen atoms in total. The van der Waals surface area contributed by atoms with Gasteiger partial charge in [0.2, 0.25) is 5.13 Å². The van der Waals surface area contributed by atoms with Crippen molar-refractivity contribution in [2.24, 2.45) is 0 Å². The highest BCUT2D eigenvalue weighted by atomic mass is 32.2. The second-order valence-electron chi connectivity index (χ2n) is 8.20. The highest BCUT2D eigenvalue weighted by molar-refractivity contribution is 7.98. The van der Waals surface area contributed by atoms with E-state index in [1.165, 1.54) is 5.56 Å². The summed E-state index contributed by atoms with van der Waals surface area (Å²) in [5, 5.41) is 8.30. The largest absolute Gasteiger partial charge is 0.306 e. The molecule has 0 spiro atoms. The quantitative estimate of drug-likeness (QED) is 0.395. The Kier molecular flexibility index (Phi) is 5.42. The lowest BCUT2D eigenvalue weighted by atomic mass is 9.87. The van der Waals surface area contributed by atoms with Gasteiger partial charge in [0.15, 0.2) is 0 Å². The van der Waals surface area contributed by atoms with Crippen molar-refractivity contribution >= 4 is 45.0 Å². The van der Waals surface area contributed by atoms with Gasteiger partial charge in [-0.25, -0.2) is 4.98 Å². The van der Waals surface area contributed by atoms with Gasteiger partial charge in [0, 0.05) is 16.5 Å². The number of thiazole rings is 1. The Morgan fingerprint density at radius 2 is 1.93 bits per heavy atom. The van der Waals surface area contributed by atoms with E-state index in [0.29, 0.717) is 11.4 Å². The summed E-state index contributed by atoms with van der Waals surface area (Å²) in [6.07, 6.45) is 1.99. The summed E-state index contributed by atoms with van der Waals surface area (Å²) in [5.74, 6) is 0.449. The van der Waals surface area contributed by atoms with Crippen molar-refractivity contribution in [3.8, 4) is 5.13 Å². The van der Waals surface area contributed by atoms with Crippen molar-refractivity contribution in [1.82, 2.24) is 14.8 Å². The summed E-state index contributed by atoms with van der Waals surface area (Å²) in [6, 6.07) is 15.8. The SMILES string of the molecule is CSc1cccc(C(=O)Nc2cc(C)nn2-c2nc3ccc(C(C)(C)C)cc3s2)c1. The summed E-state index contributed by atoms with van der Waals surface area (Å²) in [7, 11) is 0. The molecule has 2 aromatic carbocycles. The molecule has 0 atom stereocenters. The molecule has 0 aliphatic rings. The molecule has 0 fully saturated rings. The number of nitrogens with zero attached hydrogens (tertiary/aromatic N) is 3. The van der Waals surface area contributed by atoms with E-state index in [1.807, 2.05) is 43.5 Å². The Balaban J connectivity index is 1.68. The Morgan fingerprint density at radius 1 is 1.13 bits per heavy atom. The van der Waals surface area contributed by atoms with Gasteiger partial charge in [-0.2, -0.15) is 9.78 Å². The number of thioether (sulfide) groups is 1. The van der Waals surface area contributed by atoms with Gasteiger partial charge in [-0.3, -0.25) is 4.79 Å². The molecule has 0 aliphatic carbocycles. The van der Waals surface area contributed by atoms with Crippen molar-refractivity contribution in [2.75, 3.05) is 11.6 Å². The molecular formula is C23H24N4OS2. The monoisotopic (exact) mass is 436 g/mol. The number of aryl methyl sites for hydroxylation is 1. The number of amides is 1. The lowest BCUT2D eigenvalue weighted by Crippen LogP contribution is -2.15. The minimum absolute atomic E-state index is 0.0745. The summed E-state index contributed by atoms with van der Waals surface area (Å²) >= 11 is 3.18. The van der Waals surface area contributed by atoms with E-state index in [9.17, 15) is 4.79 Å². The number of fused-ring (bicyclic) bond motifs is 1. The summed E-state index contributed by atoms with van der Waals surface area (Å²) in [4.78, 5) is 18.6. The van der Waals surface area contributed by atoms with Crippen LogP contribution in [0.25, 0.3) is 15.3 Å². The van der Waals surface area contributed by atoms with E-state index < -0.39 is 0 Å². The van der Waals surface area contributed by atoms with Crippen LogP contribution in [0.5, 0.6) is 0 Å². The van der Waals surface area contributed by atoms with Crippen molar-refractivity contribution in [3.05, 3.63) is 65.4 Å². The molecule has 7 heteroatoms. The molecule has 2 heterocycles. The third kappa shape index (κ3) is 4.13. The van der Waals surface area contributed by atoms with Crippen LogP contribution in [0.2, 0.25) is 0 Å². The highest BCUT2D eigenvalue weighted by Crippen LogP contribution is 2.31. The van der Waals surface area contributed by atoms with Gasteiger partial charge in [-0.1, -0.05) is 44.2 Å². The van der Waals surface area contributed by atoms with Crippen LogP contribution in [0.3, 0.4) is 0 Å². The van der Waals surface area contributed by atoms with Crippen LogP contribution in [-0.4, -0.2) is 26.9 Å². The molecule has 4 rings (SSSR count). The molecule has 0 aliphatic heterocycles. The Labute approximate surface area is 184 Å². The number of aromatic nitrogens is 3. The maximum atomic E-state index is 12.8. The van der Waals surface area contributed by atoms with Gasteiger partial charge < -0.3 is 5.32 Å². The third-order valence-corrected chi connectivity index (χ3v) is 6.55. The van der Waals surface area contributed by atoms with Gasteiger partial charge in [0.1, 0.15) is 5.82 Å². The molecule has 0 bridgehead atoms. The van der Waals surface area contributed by atoms with E-state index in [4.69, 9.17) is 4.98 Å². The third-order valence-electron chi connectivity index (χ3n) is 4.83. The van der Waals surface area contributed by atoms with Crippen molar-refractivity contribution in [2.45, 2.75) is 38.0 Å². The van der Waals surface area contributed by atoms with Gasteiger partial charge in [0.05, 0.1) is 15.9 Å². The van der Waals surface area contributed by atoms with Crippen LogP contribution in [0.4, 0.5) is 5.82 Å². The number of nitrogens with one attached hydrogen (secondary N) is 1. The number of benzene rings is 2. The molecule has 0 unspecified atom stereocenters. The highest BCUT2D eigenvalue weighted by Gasteiger charge is 2.18. The topological polar surface area (TPSA) is 59.8 Å². The Morgan fingerprint density at radius 3 is 2.67 bits per heavy atom. The van der Waals surface area contributed by atoms with Gasteiger partial charge in [0.25, 0.3) is 5.91 Å². The molecule has 30 heavy (non-hydrogen) atoms. The Bertz CT molecular complexity index is 1230. The second kappa shape index (κ2) is 7.89. The normalized spacial score (nSPS) is 11.8. The first kappa shape index (κ1) is 20.6. The van der Waals surface area contributed by atoms with Crippen LogP contribution in [0.15, 0.2) is 53.4 Å². The van der Waals surface area contributed by atoms with E-state index in [2.05, 4.69) is 49.4 Å². The second-order valence-corrected chi connectivity index (χ2v) is 10.1. The molecule has 1 amide bonds. The van der Waals surface area contributed by atoms with E-state index in [0.717, 1.165) is 25.9 Å². The molecule has 4 aromatic rings. The standard InChI is InChI=1S/C23H24N4OS2/c1-14-11-20(25-21(28)15-7-6-8-17(12-15)29-5)27(26-14)22-24-18-10-9-16(23(2,3)4)13-19(18)30-22/h6-13H,1-5H3,(H,25,28). The van der Waals surface area contributed by atoms with Gasteiger partial charge in [-0.15, -0.1) is 11.8 Å². The van der Waals surface area contributed by atoms with E-state index in [1.54, 1.807) is 27.8 Å². The summed E-state index contributed by atoms with van der Waals surface area (Å²) in [6.45, 7) is 8.51. The fourth-order valence-corrected chi connectivity index (χ4v) is 4.59. The number of carbonyl (C=O) groups is 1. The van der Waals surface area contributed by atoms with Crippen molar-refractivity contribution in [3.63, 3.8) is 0 Å². The van der Waals surface area contributed by atoms with Crippen molar-refractivity contribution in [1.29, 1.82) is 0 Å². The molecule has 0 saturated heterocycles. The van der Waals surface area contributed by atoms with E-state index >= 15 is 0 Å². The number of carbonyl (C=O) groups excluding carboxylic acids is 1. The van der Waals surface area contributed by atoms with Crippen LogP contribution < -0.4 is 5.32 Å². The van der Waals surface area contributed by atoms with Gasteiger partial charge >= 0.3 is 0 Å². The molecule has 154 valence electrons. The molecule has 2 aromatic heterocycles. The predicted molar refractivity (Wildman–Crippen MR) is 126 cm³/mol. The first-order valence-corrected chi connectivity index (χ1v) is 11.7. The van der Waals surface area contributed by atoms with Gasteiger partial charge in [-0.05, 0) is 54.5 Å². The average molecular weight is 437 g/mol. The fraction of sp³-hybridized carbons (Fsp3) is 0.261. The number of hydrogen-bond acceptors (Lipinski definition) is 5. The van der Waals surface area contributed by atoms with Crippen LogP contribution >= 0.6 is 23.1 Å².